The fourth-order valence-electron chi connectivity index (χ4n) is 2.18. The third-order valence-electron chi connectivity index (χ3n) is 3.15. The van der Waals surface area contributed by atoms with Crippen molar-refractivity contribution in [1.82, 2.24) is 14.5 Å². The molecule has 0 saturated heterocycles. The van der Waals surface area contributed by atoms with Crippen LogP contribution in [0, 0.1) is 0 Å². The highest BCUT2D eigenvalue weighted by atomic mass is 16.3. The van der Waals surface area contributed by atoms with Gasteiger partial charge in [0.25, 0.3) is 0 Å². The average Bonchev–Trinajstić information content (AvgIpc) is 2.47. The number of hydrogen-bond acceptors (Lipinski definition) is 5. The van der Waals surface area contributed by atoms with Crippen LogP contribution in [-0.2, 0) is 19.7 Å². The Morgan fingerprint density at radius 2 is 2.10 bits per heavy atom. The zero-order chi connectivity index (χ0) is 15.4. The van der Waals surface area contributed by atoms with E-state index in [1.165, 1.54) is 6.07 Å². The molecule has 0 amide bonds. The Balaban J connectivity index is 2.55. The molecule has 2 aromatic heterocycles. The van der Waals surface area contributed by atoms with Gasteiger partial charge in [-0.1, -0.05) is 6.07 Å². The molecule has 0 atom stereocenters. The Morgan fingerprint density at radius 3 is 2.67 bits per heavy atom. The highest BCUT2D eigenvalue weighted by Crippen LogP contribution is 2.17. The normalized spacial score (nSPS) is 11.0. The van der Waals surface area contributed by atoms with Crippen molar-refractivity contribution in [3.63, 3.8) is 0 Å². The Hall–Kier alpha value is -2.18. The van der Waals surface area contributed by atoms with Crippen LogP contribution in [0.25, 0.3) is 0 Å². The molecule has 112 valence electrons. The number of aromatic nitrogens is 2. The fourth-order valence-corrected chi connectivity index (χ4v) is 2.18. The molecule has 0 aliphatic carbocycles. The minimum atomic E-state index is -0.479. The van der Waals surface area contributed by atoms with E-state index < -0.39 is 5.43 Å². The Labute approximate surface area is 122 Å². The number of hydrogen-bond donors (Lipinski definition) is 2. The molecule has 0 unspecified atom stereocenters. The molecule has 2 heterocycles. The molecule has 0 aliphatic heterocycles. The van der Waals surface area contributed by atoms with Crippen molar-refractivity contribution >= 4 is 0 Å². The van der Waals surface area contributed by atoms with Crippen LogP contribution >= 0.6 is 0 Å². The van der Waals surface area contributed by atoms with Crippen LogP contribution in [0.1, 0.15) is 17.1 Å². The van der Waals surface area contributed by atoms with Gasteiger partial charge in [-0.25, -0.2) is 0 Å². The zero-order valence-electron chi connectivity index (χ0n) is 12.2. The second-order valence-electron chi connectivity index (χ2n) is 5.10. The van der Waals surface area contributed by atoms with Crippen molar-refractivity contribution in [2.75, 3.05) is 14.1 Å². The van der Waals surface area contributed by atoms with Crippen LogP contribution in [0.15, 0.2) is 35.3 Å². The van der Waals surface area contributed by atoms with Gasteiger partial charge >= 0.3 is 0 Å². The van der Waals surface area contributed by atoms with Gasteiger partial charge in [0.2, 0.25) is 5.43 Å². The summed E-state index contributed by atoms with van der Waals surface area (Å²) in [4.78, 5) is 17.9. The zero-order valence-corrected chi connectivity index (χ0v) is 12.2. The van der Waals surface area contributed by atoms with E-state index in [2.05, 4.69) is 4.98 Å². The molecular weight excluding hydrogens is 270 g/mol. The quantitative estimate of drug-likeness (QED) is 0.840. The molecule has 6 nitrogen and oxygen atoms in total. The van der Waals surface area contributed by atoms with E-state index in [0.717, 1.165) is 5.69 Å². The Morgan fingerprint density at radius 1 is 1.33 bits per heavy atom. The van der Waals surface area contributed by atoms with Gasteiger partial charge < -0.3 is 19.7 Å². The van der Waals surface area contributed by atoms with Crippen LogP contribution in [0.4, 0.5) is 0 Å². The first-order valence-electron chi connectivity index (χ1n) is 6.63. The summed E-state index contributed by atoms with van der Waals surface area (Å²) in [5.41, 5.74) is 1.24. The van der Waals surface area contributed by atoms with Gasteiger partial charge in [0.1, 0.15) is 0 Å². The molecule has 0 spiro atoms. The predicted molar refractivity (Wildman–Crippen MR) is 79.0 cm³/mol. The second kappa shape index (κ2) is 6.51. The van der Waals surface area contributed by atoms with E-state index in [4.69, 9.17) is 0 Å². The van der Waals surface area contributed by atoms with Crippen molar-refractivity contribution in [2.24, 2.45) is 0 Å². The molecule has 0 radical (unpaired) electrons. The van der Waals surface area contributed by atoms with Crippen molar-refractivity contribution < 1.29 is 10.2 Å². The molecule has 0 aliphatic rings. The smallest absolute Gasteiger partial charge is 0.223 e. The van der Waals surface area contributed by atoms with Gasteiger partial charge in [-0.05, 0) is 26.2 Å². The summed E-state index contributed by atoms with van der Waals surface area (Å²) >= 11 is 0. The average molecular weight is 289 g/mol. The molecule has 6 heteroatoms. The molecule has 0 bridgehead atoms. The number of aliphatic hydroxyl groups excluding tert-OH is 1. The van der Waals surface area contributed by atoms with Crippen LogP contribution in [-0.4, -0.2) is 38.8 Å². The van der Waals surface area contributed by atoms with E-state index in [9.17, 15) is 15.0 Å². The lowest BCUT2D eigenvalue weighted by Gasteiger charge is -2.21. The summed E-state index contributed by atoms with van der Waals surface area (Å²) in [6.45, 7) is 0.498. The summed E-state index contributed by atoms with van der Waals surface area (Å²) in [5.74, 6) is -0.281. The third-order valence-corrected chi connectivity index (χ3v) is 3.15. The summed E-state index contributed by atoms with van der Waals surface area (Å²) in [5, 5.41) is 19.6. The molecule has 0 fully saturated rings. The first kappa shape index (κ1) is 15.2. The van der Waals surface area contributed by atoms with Gasteiger partial charge in [-0.3, -0.25) is 9.78 Å². The van der Waals surface area contributed by atoms with Crippen molar-refractivity contribution in [1.29, 1.82) is 0 Å². The van der Waals surface area contributed by atoms with Gasteiger partial charge in [-0.2, -0.15) is 0 Å². The molecule has 2 rings (SSSR count). The van der Waals surface area contributed by atoms with Crippen LogP contribution in [0.5, 0.6) is 5.75 Å². The first-order valence-corrected chi connectivity index (χ1v) is 6.63. The molecule has 2 N–H and O–H groups in total. The fraction of sp³-hybridized carbons (Fsp3) is 0.333. The summed E-state index contributed by atoms with van der Waals surface area (Å²) < 4.78 is 1.74. The lowest BCUT2D eigenvalue weighted by Crippen LogP contribution is -2.23. The number of aromatic hydroxyl groups is 1. The maximum atomic E-state index is 11.8. The monoisotopic (exact) mass is 289 g/mol. The van der Waals surface area contributed by atoms with Gasteiger partial charge in [0.15, 0.2) is 5.75 Å². The molecule has 0 saturated carbocycles. The minimum absolute atomic E-state index is 0.275. The van der Waals surface area contributed by atoms with E-state index in [-0.39, 0.29) is 12.4 Å². The highest BCUT2D eigenvalue weighted by Gasteiger charge is 2.15. The van der Waals surface area contributed by atoms with Crippen LogP contribution < -0.4 is 5.43 Å². The first-order chi connectivity index (χ1) is 10.0. The summed E-state index contributed by atoms with van der Waals surface area (Å²) in [7, 11) is 3.70. The maximum absolute atomic E-state index is 11.8. The summed E-state index contributed by atoms with van der Waals surface area (Å²) in [6.07, 6.45) is 1.68. The van der Waals surface area contributed by atoms with Crippen LogP contribution in [0.3, 0.4) is 0 Å². The van der Waals surface area contributed by atoms with Crippen molar-refractivity contribution in [3.05, 3.63) is 57.8 Å². The number of aliphatic hydroxyl groups is 1. The standard InChI is InChI=1S/C15H19N3O3/c1-17(2)9-13-15(21)14(20)7-12(10-19)18(13)8-11-5-3-4-6-16-11/h3-7,19,21H,8-10H2,1-2H3. The Kier molecular flexibility index (Phi) is 4.72. The maximum Gasteiger partial charge on any atom is 0.223 e. The van der Waals surface area contributed by atoms with Gasteiger partial charge in [-0.15, -0.1) is 0 Å². The number of rotatable bonds is 5. The van der Waals surface area contributed by atoms with Gasteiger partial charge in [0, 0.05) is 24.5 Å². The number of pyridine rings is 2. The Bertz CT molecular complexity index is 666. The third kappa shape index (κ3) is 3.48. The summed E-state index contributed by atoms with van der Waals surface area (Å²) in [6, 6.07) is 6.81. The SMILES string of the molecule is CN(C)Cc1c(O)c(=O)cc(CO)n1Cc1ccccn1. The molecular formula is C15H19N3O3. The minimum Gasteiger partial charge on any atom is -0.503 e. The lowest BCUT2D eigenvalue weighted by atomic mass is 10.2. The second-order valence-corrected chi connectivity index (χ2v) is 5.10. The van der Waals surface area contributed by atoms with E-state index in [1.807, 2.05) is 37.2 Å². The largest absolute Gasteiger partial charge is 0.503 e. The van der Waals surface area contributed by atoms with E-state index in [1.54, 1.807) is 10.8 Å². The number of nitrogens with zero attached hydrogens (tertiary/aromatic N) is 3. The van der Waals surface area contributed by atoms with Gasteiger partial charge in [0.05, 0.1) is 24.5 Å². The molecule has 0 aromatic carbocycles. The van der Waals surface area contributed by atoms with Crippen molar-refractivity contribution in [2.45, 2.75) is 19.7 Å². The predicted octanol–water partition coefficient (Wildman–Crippen LogP) is 0.551. The molecule has 21 heavy (non-hydrogen) atoms. The highest BCUT2D eigenvalue weighted by molar-refractivity contribution is 5.30. The lowest BCUT2D eigenvalue weighted by molar-refractivity contribution is 0.266. The van der Waals surface area contributed by atoms with Crippen LogP contribution in [0.2, 0.25) is 0 Å². The topological polar surface area (TPSA) is 78.6 Å². The van der Waals surface area contributed by atoms with E-state index >= 15 is 0 Å². The molecule has 2 aromatic rings. The van der Waals surface area contributed by atoms with E-state index in [0.29, 0.717) is 24.5 Å². The van der Waals surface area contributed by atoms with Crippen molar-refractivity contribution in [3.8, 4) is 5.75 Å².